The monoisotopic (exact) mass is 371 g/mol. The zero-order valence-electron chi connectivity index (χ0n) is 15.1. The first-order valence-electron chi connectivity index (χ1n) is 8.54. The first-order chi connectivity index (χ1) is 13.1. The maximum absolute atomic E-state index is 12.3. The number of benzene rings is 1. The molecule has 0 spiro atoms. The van der Waals surface area contributed by atoms with Crippen molar-refractivity contribution in [3.05, 3.63) is 54.0 Å². The van der Waals surface area contributed by atoms with E-state index in [1.165, 1.54) is 6.26 Å². The lowest BCUT2D eigenvalue weighted by Crippen LogP contribution is -2.47. The molecule has 1 aromatic heterocycles. The molecule has 2 heterocycles. The van der Waals surface area contributed by atoms with Crippen LogP contribution in [-0.2, 0) is 21.0 Å². The number of hydrogen-bond acceptors (Lipinski definition) is 6. The van der Waals surface area contributed by atoms with Gasteiger partial charge in [0.15, 0.2) is 0 Å². The van der Waals surface area contributed by atoms with E-state index in [2.05, 4.69) is 15.8 Å². The average molecular weight is 371 g/mol. The van der Waals surface area contributed by atoms with E-state index in [-0.39, 0.29) is 18.4 Å². The van der Waals surface area contributed by atoms with Gasteiger partial charge in [-0.3, -0.25) is 9.59 Å². The second-order valence-corrected chi connectivity index (χ2v) is 6.09. The molecule has 0 aliphatic carbocycles. The lowest BCUT2D eigenvalue weighted by molar-refractivity contribution is -0.135. The average Bonchev–Trinajstić information content (AvgIpc) is 3.38. The SMILES string of the molecule is COc1ccc(C2=NOC(C(=O)NC(C)C(=O)NCc3ccco3)C2)cc1. The highest BCUT2D eigenvalue weighted by Crippen LogP contribution is 2.19. The van der Waals surface area contributed by atoms with Crippen molar-refractivity contribution in [1.29, 1.82) is 0 Å². The first-order valence-corrected chi connectivity index (χ1v) is 8.54. The van der Waals surface area contributed by atoms with Crippen molar-refractivity contribution in [3.8, 4) is 5.75 Å². The van der Waals surface area contributed by atoms with E-state index in [0.717, 1.165) is 11.3 Å². The van der Waals surface area contributed by atoms with Gasteiger partial charge in [0.25, 0.3) is 5.91 Å². The summed E-state index contributed by atoms with van der Waals surface area (Å²) in [4.78, 5) is 29.7. The van der Waals surface area contributed by atoms with E-state index in [0.29, 0.717) is 17.9 Å². The molecule has 3 rings (SSSR count). The largest absolute Gasteiger partial charge is 0.497 e. The van der Waals surface area contributed by atoms with Gasteiger partial charge in [-0.05, 0) is 48.9 Å². The Kier molecular flexibility index (Phi) is 5.75. The highest BCUT2D eigenvalue weighted by atomic mass is 16.6. The molecule has 2 N–H and O–H groups in total. The summed E-state index contributed by atoms with van der Waals surface area (Å²) in [5.74, 6) is 0.678. The molecule has 1 aromatic carbocycles. The molecule has 2 unspecified atom stereocenters. The van der Waals surface area contributed by atoms with Gasteiger partial charge in [0, 0.05) is 6.42 Å². The molecule has 2 amide bonds. The summed E-state index contributed by atoms with van der Waals surface area (Å²) in [5, 5.41) is 9.33. The van der Waals surface area contributed by atoms with Gasteiger partial charge in [-0.15, -0.1) is 0 Å². The van der Waals surface area contributed by atoms with Crippen LogP contribution >= 0.6 is 0 Å². The van der Waals surface area contributed by atoms with Gasteiger partial charge < -0.3 is 24.6 Å². The summed E-state index contributed by atoms with van der Waals surface area (Å²) in [5.41, 5.74) is 1.53. The molecule has 0 fully saturated rings. The van der Waals surface area contributed by atoms with Crippen LogP contribution in [0.1, 0.15) is 24.7 Å². The standard InChI is InChI=1S/C19H21N3O5/c1-12(18(23)20-11-15-4-3-9-26-15)21-19(24)17-10-16(22-27-17)13-5-7-14(25-2)8-6-13/h3-9,12,17H,10-11H2,1-2H3,(H,20,23)(H,21,24). The topological polar surface area (TPSA) is 102 Å². The van der Waals surface area contributed by atoms with Gasteiger partial charge in [0.1, 0.15) is 17.6 Å². The molecule has 27 heavy (non-hydrogen) atoms. The minimum absolute atomic E-state index is 0.261. The van der Waals surface area contributed by atoms with E-state index >= 15 is 0 Å². The van der Waals surface area contributed by atoms with Crippen molar-refractivity contribution in [2.75, 3.05) is 7.11 Å². The zero-order chi connectivity index (χ0) is 19.2. The van der Waals surface area contributed by atoms with Crippen LogP contribution in [0.25, 0.3) is 0 Å². The Balaban J connectivity index is 1.47. The molecule has 142 valence electrons. The van der Waals surface area contributed by atoms with Crippen molar-refractivity contribution in [3.63, 3.8) is 0 Å². The third kappa shape index (κ3) is 4.66. The lowest BCUT2D eigenvalue weighted by Gasteiger charge is -2.15. The fourth-order valence-corrected chi connectivity index (χ4v) is 2.58. The van der Waals surface area contributed by atoms with Crippen LogP contribution in [0.3, 0.4) is 0 Å². The minimum Gasteiger partial charge on any atom is -0.497 e. The number of amides is 2. The summed E-state index contributed by atoms with van der Waals surface area (Å²) < 4.78 is 10.3. The minimum atomic E-state index is -0.762. The number of oxime groups is 1. The first kappa shape index (κ1) is 18.5. The summed E-state index contributed by atoms with van der Waals surface area (Å²) >= 11 is 0. The zero-order valence-corrected chi connectivity index (χ0v) is 15.1. The maximum Gasteiger partial charge on any atom is 0.264 e. The van der Waals surface area contributed by atoms with Crippen molar-refractivity contribution in [2.24, 2.45) is 5.16 Å². The van der Waals surface area contributed by atoms with Crippen LogP contribution in [-0.4, -0.2) is 36.8 Å². The van der Waals surface area contributed by atoms with Crippen LogP contribution < -0.4 is 15.4 Å². The molecule has 0 bridgehead atoms. The van der Waals surface area contributed by atoms with E-state index < -0.39 is 12.1 Å². The molecule has 8 nitrogen and oxygen atoms in total. The fourth-order valence-electron chi connectivity index (χ4n) is 2.58. The maximum atomic E-state index is 12.3. The fraction of sp³-hybridized carbons (Fsp3) is 0.316. The molecule has 8 heteroatoms. The molecular formula is C19H21N3O5. The number of carbonyl (C=O) groups excluding carboxylic acids is 2. The molecular weight excluding hydrogens is 350 g/mol. The van der Waals surface area contributed by atoms with E-state index in [4.69, 9.17) is 14.0 Å². The van der Waals surface area contributed by atoms with Gasteiger partial charge in [-0.2, -0.15) is 0 Å². The normalized spacial score (nSPS) is 16.8. The van der Waals surface area contributed by atoms with Gasteiger partial charge >= 0.3 is 0 Å². The Hall–Kier alpha value is -3.29. The Morgan fingerprint density at radius 2 is 2.07 bits per heavy atom. The lowest BCUT2D eigenvalue weighted by atomic mass is 10.0. The number of ether oxygens (including phenoxy) is 1. The quantitative estimate of drug-likeness (QED) is 0.770. The molecule has 0 radical (unpaired) electrons. The van der Waals surface area contributed by atoms with Gasteiger partial charge in [0.2, 0.25) is 12.0 Å². The smallest absolute Gasteiger partial charge is 0.264 e. The highest BCUT2D eigenvalue weighted by Gasteiger charge is 2.30. The number of carbonyl (C=O) groups is 2. The Labute approximate surface area is 156 Å². The summed E-state index contributed by atoms with van der Waals surface area (Å²) in [6.45, 7) is 1.87. The third-order valence-corrected chi connectivity index (χ3v) is 4.15. The van der Waals surface area contributed by atoms with E-state index in [1.807, 2.05) is 24.3 Å². The summed E-state index contributed by atoms with van der Waals surface area (Å²) in [6, 6.07) is 10.1. The van der Waals surface area contributed by atoms with E-state index in [9.17, 15) is 9.59 Å². The molecule has 1 aliphatic heterocycles. The van der Waals surface area contributed by atoms with E-state index in [1.54, 1.807) is 26.2 Å². The second kappa shape index (κ2) is 8.39. The van der Waals surface area contributed by atoms with Gasteiger partial charge in [-0.25, -0.2) is 0 Å². The van der Waals surface area contributed by atoms with Gasteiger partial charge in [0.05, 0.1) is 25.6 Å². The predicted octanol–water partition coefficient (Wildman–Crippen LogP) is 1.60. The van der Waals surface area contributed by atoms with Crippen molar-refractivity contribution < 1.29 is 23.6 Å². The molecule has 1 aliphatic rings. The van der Waals surface area contributed by atoms with Gasteiger partial charge in [-0.1, -0.05) is 5.16 Å². The highest BCUT2D eigenvalue weighted by molar-refractivity contribution is 6.04. The Bertz CT molecular complexity index is 814. The van der Waals surface area contributed by atoms with Crippen molar-refractivity contribution in [2.45, 2.75) is 32.0 Å². The Morgan fingerprint density at radius 1 is 1.30 bits per heavy atom. The van der Waals surface area contributed by atoms with Crippen LogP contribution in [0.15, 0.2) is 52.2 Å². The molecule has 0 saturated carbocycles. The second-order valence-electron chi connectivity index (χ2n) is 6.09. The van der Waals surface area contributed by atoms with Crippen molar-refractivity contribution in [1.82, 2.24) is 10.6 Å². The van der Waals surface area contributed by atoms with Crippen LogP contribution in [0.4, 0.5) is 0 Å². The van der Waals surface area contributed by atoms with Crippen LogP contribution in [0, 0.1) is 0 Å². The number of rotatable bonds is 7. The number of furan rings is 1. The van der Waals surface area contributed by atoms with Crippen LogP contribution in [0.5, 0.6) is 5.75 Å². The summed E-state index contributed by atoms with van der Waals surface area (Å²) in [6.07, 6.45) is 1.10. The summed E-state index contributed by atoms with van der Waals surface area (Å²) in [7, 11) is 1.59. The third-order valence-electron chi connectivity index (χ3n) is 4.15. The van der Waals surface area contributed by atoms with Crippen LogP contribution in [0.2, 0.25) is 0 Å². The number of nitrogens with zero attached hydrogens (tertiary/aromatic N) is 1. The Morgan fingerprint density at radius 3 is 2.74 bits per heavy atom. The molecule has 2 atom stereocenters. The van der Waals surface area contributed by atoms with Crippen molar-refractivity contribution >= 4 is 17.5 Å². The number of nitrogens with one attached hydrogen (secondary N) is 2. The predicted molar refractivity (Wildman–Crippen MR) is 97.2 cm³/mol. The molecule has 0 saturated heterocycles. The number of hydrogen-bond donors (Lipinski definition) is 2. The number of methoxy groups -OCH3 is 1. The molecule has 2 aromatic rings.